The third-order valence-electron chi connectivity index (χ3n) is 2.53. The average molecular weight is 224 g/mol. The molecule has 17 heavy (non-hydrogen) atoms. The van der Waals surface area contributed by atoms with Crippen LogP contribution in [0.5, 0.6) is 0 Å². The zero-order valence-electron chi connectivity index (χ0n) is 10.6. The van der Waals surface area contributed by atoms with Gasteiger partial charge < -0.3 is 0 Å². The molecule has 1 rings (SSSR count). The SMILES string of the molecule is C=C/C=C(\C=C)Cc1ccc(CC(=C)C)cc1. The van der Waals surface area contributed by atoms with E-state index in [2.05, 4.69) is 50.9 Å². The number of rotatable bonds is 6. The number of allylic oxidation sites excluding steroid dienone is 5. The predicted molar refractivity (Wildman–Crippen MR) is 77.1 cm³/mol. The Hall–Kier alpha value is -1.82. The Kier molecular flexibility index (Phi) is 5.22. The maximum absolute atomic E-state index is 3.93. The van der Waals surface area contributed by atoms with Gasteiger partial charge in [0.25, 0.3) is 0 Å². The van der Waals surface area contributed by atoms with Crippen LogP contribution in [0.1, 0.15) is 18.1 Å². The molecule has 0 bridgehead atoms. The molecule has 0 unspecified atom stereocenters. The lowest BCUT2D eigenvalue weighted by Gasteiger charge is -2.05. The molecule has 0 atom stereocenters. The van der Waals surface area contributed by atoms with Crippen LogP contribution in [0.25, 0.3) is 0 Å². The summed E-state index contributed by atoms with van der Waals surface area (Å²) in [7, 11) is 0. The Balaban J connectivity index is 2.74. The minimum Gasteiger partial charge on any atom is -0.0998 e. The first kappa shape index (κ1) is 13.2. The van der Waals surface area contributed by atoms with Gasteiger partial charge in [-0.2, -0.15) is 0 Å². The van der Waals surface area contributed by atoms with Gasteiger partial charge in [0.1, 0.15) is 0 Å². The first-order valence-corrected chi connectivity index (χ1v) is 5.82. The summed E-state index contributed by atoms with van der Waals surface area (Å²) in [5, 5.41) is 0. The van der Waals surface area contributed by atoms with Crippen LogP contribution >= 0.6 is 0 Å². The van der Waals surface area contributed by atoms with Crippen LogP contribution in [0.2, 0.25) is 0 Å². The molecule has 0 saturated heterocycles. The van der Waals surface area contributed by atoms with Gasteiger partial charge in [-0.3, -0.25) is 0 Å². The van der Waals surface area contributed by atoms with Crippen LogP contribution in [0.3, 0.4) is 0 Å². The lowest BCUT2D eigenvalue weighted by Crippen LogP contribution is -1.90. The summed E-state index contributed by atoms with van der Waals surface area (Å²) in [4.78, 5) is 0. The van der Waals surface area contributed by atoms with E-state index in [1.54, 1.807) is 6.08 Å². The summed E-state index contributed by atoms with van der Waals surface area (Å²) in [6.07, 6.45) is 7.53. The lowest BCUT2D eigenvalue weighted by atomic mass is 10.0. The monoisotopic (exact) mass is 224 g/mol. The number of hydrogen-bond donors (Lipinski definition) is 0. The molecule has 0 saturated carbocycles. The smallest absolute Gasteiger partial charge is 0.00260 e. The molecule has 88 valence electrons. The highest BCUT2D eigenvalue weighted by Gasteiger charge is 1.97. The second kappa shape index (κ2) is 6.70. The predicted octanol–water partition coefficient (Wildman–Crippen LogP) is 4.65. The lowest BCUT2D eigenvalue weighted by molar-refractivity contribution is 1.13. The Morgan fingerprint density at radius 1 is 1.06 bits per heavy atom. The Morgan fingerprint density at radius 3 is 2.00 bits per heavy atom. The molecule has 0 fully saturated rings. The molecule has 0 aromatic heterocycles. The zero-order chi connectivity index (χ0) is 12.7. The summed E-state index contributed by atoms with van der Waals surface area (Å²) < 4.78 is 0. The quantitative estimate of drug-likeness (QED) is 0.487. The summed E-state index contributed by atoms with van der Waals surface area (Å²) >= 11 is 0. The van der Waals surface area contributed by atoms with Crippen molar-refractivity contribution in [1.29, 1.82) is 0 Å². The maximum atomic E-state index is 3.93. The normalized spacial score (nSPS) is 11.0. The molecular weight excluding hydrogens is 204 g/mol. The van der Waals surface area contributed by atoms with Crippen molar-refractivity contribution in [1.82, 2.24) is 0 Å². The van der Waals surface area contributed by atoms with E-state index in [0.717, 1.165) is 12.8 Å². The zero-order valence-corrected chi connectivity index (χ0v) is 10.6. The molecule has 0 nitrogen and oxygen atoms in total. The molecule has 0 heterocycles. The fourth-order valence-corrected chi connectivity index (χ4v) is 1.71. The molecule has 0 aliphatic carbocycles. The highest BCUT2D eigenvalue weighted by Crippen LogP contribution is 2.12. The first-order chi connectivity index (χ1) is 8.15. The molecule has 0 N–H and O–H groups in total. The van der Waals surface area contributed by atoms with Crippen molar-refractivity contribution in [3.8, 4) is 0 Å². The van der Waals surface area contributed by atoms with Crippen LogP contribution in [-0.2, 0) is 12.8 Å². The van der Waals surface area contributed by atoms with Gasteiger partial charge in [-0.25, -0.2) is 0 Å². The van der Waals surface area contributed by atoms with E-state index < -0.39 is 0 Å². The van der Waals surface area contributed by atoms with Gasteiger partial charge in [0.15, 0.2) is 0 Å². The minimum absolute atomic E-state index is 0.906. The summed E-state index contributed by atoms with van der Waals surface area (Å²) in [5.41, 5.74) is 4.99. The average Bonchev–Trinajstić information content (AvgIpc) is 2.30. The van der Waals surface area contributed by atoms with Crippen molar-refractivity contribution >= 4 is 0 Å². The summed E-state index contributed by atoms with van der Waals surface area (Å²) in [6.45, 7) is 13.5. The first-order valence-electron chi connectivity index (χ1n) is 5.82. The second-order valence-corrected chi connectivity index (χ2v) is 4.31. The molecule has 0 spiro atoms. The number of hydrogen-bond acceptors (Lipinski definition) is 0. The van der Waals surface area contributed by atoms with Gasteiger partial charge in [0, 0.05) is 0 Å². The van der Waals surface area contributed by atoms with Crippen LogP contribution in [0.15, 0.2) is 73.4 Å². The second-order valence-electron chi connectivity index (χ2n) is 4.31. The van der Waals surface area contributed by atoms with Gasteiger partial charge in [-0.1, -0.05) is 67.8 Å². The van der Waals surface area contributed by atoms with Crippen LogP contribution in [0, 0.1) is 0 Å². The molecule has 1 aromatic carbocycles. The van der Waals surface area contributed by atoms with E-state index in [4.69, 9.17) is 0 Å². The van der Waals surface area contributed by atoms with Crippen LogP contribution in [-0.4, -0.2) is 0 Å². The maximum Gasteiger partial charge on any atom is -0.00260 e. The molecule has 0 aliphatic rings. The highest BCUT2D eigenvalue weighted by atomic mass is 14.0. The molecule has 0 heteroatoms. The van der Waals surface area contributed by atoms with Gasteiger partial charge in [-0.15, -0.1) is 0 Å². The summed E-state index contributed by atoms with van der Waals surface area (Å²) in [5.74, 6) is 0. The molecular formula is C17H20. The molecule has 0 aliphatic heterocycles. The highest BCUT2D eigenvalue weighted by molar-refractivity contribution is 5.32. The van der Waals surface area contributed by atoms with Crippen molar-refractivity contribution < 1.29 is 0 Å². The van der Waals surface area contributed by atoms with Crippen LogP contribution in [0.4, 0.5) is 0 Å². The Morgan fingerprint density at radius 2 is 1.59 bits per heavy atom. The standard InChI is InChI=1S/C17H20/c1-5-7-15(6-2)13-17-10-8-16(9-11-17)12-14(3)4/h5-11H,1-3,12-13H2,4H3/b15-7+. The number of benzene rings is 1. The fraction of sp³-hybridized carbons (Fsp3) is 0.176. The van der Waals surface area contributed by atoms with Gasteiger partial charge in [0.2, 0.25) is 0 Å². The van der Waals surface area contributed by atoms with Gasteiger partial charge in [0.05, 0.1) is 0 Å². The van der Waals surface area contributed by atoms with E-state index in [9.17, 15) is 0 Å². The van der Waals surface area contributed by atoms with Gasteiger partial charge >= 0.3 is 0 Å². The largest absolute Gasteiger partial charge is 0.0998 e. The third-order valence-corrected chi connectivity index (χ3v) is 2.53. The van der Waals surface area contributed by atoms with Gasteiger partial charge in [-0.05, 0) is 36.5 Å². The third kappa shape index (κ3) is 4.69. The molecule has 0 radical (unpaired) electrons. The van der Waals surface area contributed by atoms with E-state index >= 15 is 0 Å². The summed E-state index contributed by atoms with van der Waals surface area (Å²) in [6, 6.07) is 8.66. The Bertz CT molecular complexity index is 430. The Labute approximate surface area is 105 Å². The van der Waals surface area contributed by atoms with Crippen molar-refractivity contribution in [2.24, 2.45) is 0 Å². The van der Waals surface area contributed by atoms with Crippen molar-refractivity contribution in [3.05, 3.63) is 84.5 Å². The molecule has 1 aromatic rings. The van der Waals surface area contributed by atoms with Crippen molar-refractivity contribution in [2.75, 3.05) is 0 Å². The van der Waals surface area contributed by atoms with E-state index in [1.807, 2.05) is 12.2 Å². The van der Waals surface area contributed by atoms with Crippen LogP contribution < -0.4 is 0 Å². The van der Waals surface area contributed by atoms with Crippen molar-refractivity contribution in [3.63, 3.8) is 0 Å². The minimum atomic E-state index is 0.906. The fourth-order valence-electron chi connectivity index (χ4n) is 1.71. The van der Waals surface area contributed by atoms with E-state index in [1.165, 1.54) is 22.3 Å². The topological polar surface area (TPSA) is 0 Å². The van der Waals surface area contributed by atoms with E-state index in [-0.39, 0.29) is 0 Å². The van der Waals surface area contributed by atoms with E-state index in [0.29, 0.717) is 0 Å². The van der Waals surface area contributed by atoms with Crippen molar-refractivity contribution in [2.45, 2.75) is 19.8 Å². The molecule has 0 amide bonds.